The summed E-state index contributed by atoms with van der Waals surface area (Å²) in [4.78, 5) is 21.1. The number of ether oxygens (including phenoxy) is 1. The molecule has 3 fully saturated rings. The summed E-state index contributed by atoms with van der Waals surface area (Å²) in [5.41, 5.74) is 2.04. The van der Waals surface area contributed by atoms with Gasteiger partial charge in [-0.15, -0.1) is 0 Å². The van der Waals surface area contributed by atoms with Crippen LogP contribution in [0.15, 0.2) is 42.2 Å². The van der Waals surface area contributed by atoms with Gasteiger partial charge in [-0.25, -0.2) is 4.98 Å². The van der Waals surface area contributed by atoms with E-state index >= 15 is 0 Å². The second-order valence-electron chi connectivity index (χ2n) is 8.76. The number of aromatic nitrogens is 3. The number of morpholine rings is 1. The second kappa shape index (κ2) is 7.61. The van der Waals surface area contributed by atoms with E-state index in [-0.39, 0.29) is 36.3 Å². The highest BCUT2D eigenvalue weighted by Gasteiger charge is 2.62. The molecule has 3 aliphatic rings. The summed E-state index contributed by atoms with van der Waals surface area (Å²) in [5.74, 6) is 0.350. The first-order valence-corrected chi connectivity index (χ1v) is 10.5. The Morgan fingerprint density at radius 3 is 2.90 bits per heavy atom. The van der Waals surface area contributed by atoms with E-state index in [2.05, 4.69) is 45.2 Å². The summed E-state index contributed by atoms with van der Waals surface area (Å²) in [5, 5.41) is 16.5. The monoisotopic (exact) mass is 409 g/mol. The molecule has 1 aromatic carbocycles. The van der Waals surface area contributed by atoms with Crippen LogP contribution in [0.1, 0.15) is 23.1 Å². The largest absolute Gasteiger partial charge is 0.396 e. The highest BCUT2D eigenvalue weighted by Crippen LogP contribution is 2.49. The van der Waals surface area contributed by atoms with Crippen LogP contribution in [0.2, 0.25) is 0 Å². The van der Waals surface area contributed by atoms with E-state index in [9.17, 15) is 9.90 Å². The van der Waals surface area contributed by atoms with Crippen molar-refractivity contribution in [3.05, 3.63) is 53.6 Å². The number of likely N-dealkylation sites (tertiary alicyclic amines) is 2. The molecule has 5 rings (SSSR count). The summed E-state index contributed by atoms with van der Waals surface area (Å²) >= 11 is 0. The Kier molecular flexibility index (Phi) is 4.92. The molecule has 0 radical (unpaired) electrons. The molecule has 4 atom stereocenters. The van der Waals surface area contributed by atoms with E-state index in [1.807, 2.05) is 23.1 Å². The highest BCUT2D eigenvalue weighted by molar-refractivity contribution is 5.90. The third-order valence-corrected chi connectivity index (χ3v) is 6.66. The lowest BCUT2D eigenvalue weighted by atomic mass is 9.83. The van der Waals surface area contributed by atoms with Gasteiger partial charge in [0.15, 0.2) is 0 Å². The first-order chi connectivity index (χ1) is 14.6. The molecule has 4 heterocycles. The number of aromatic amines is 1. The van der Waals surface area contributed by atoms with Gasteiger partial charge in [-0.1, -0.05) is 42.0 Å². The molecular formula is C22H27N5O3. The molecule has 1 aromatic heterocycles. The summed E-state index contributed by atoms with van der Waals surface area (Å²) in [6, 6.07) is 10.3. The number of fused-ring (bicyclic) bond motifs is 1. The standard InChI is InChI=1S/C22H27N5O3/c1-15(7-16-5-3-2-4-6-16)8-26-9-18-17(11-28)19-10-27(13-22(18,12-26)30-19)21(29)20-23-14-24-25-20/h2-7,14,17-19,28H,8-13H2,1H3,(H,23,24,25)/b15-7+/t17-,18+,19+,22-/m0/s1. The van der Waals surface area contributed by atoms with Crippen LogP contribution in [0.5, 0.6) is 0 Å². The van der Waals surface area contributed by atoms with Crippen molar-refractivity contribution in [1.29, 1.82) is 0 Å². The van der Waals surface area contributed by atoms with Crippen LogP contribution < -0.4 is 0 Å². The molecule has 2 N–H and O–H groups in total. The molecular weight excluding hydrogens is 382 g/mol. The topological polar surface area (TPSA) is 94.6 Å². The number of benzene rings is 1. The van der Waals surface area contributed by atoms with Crippen LogP contribution in [0.4, 0.5) is 0 Å². The van der Waals surface area contributed by atoms with Crippen molar-refractivity contribution in [3.8, 4) is 0 Å². The zero-order valence-electron chi connectivity index (χ0n) is 17.1. The number of carbonyl (C=O) groups is 1. The summed E-state index contributed by atoms with van der Waals surface area (Å²) in [7, 11) is 0. The van der Waals surface area contributed by atoms with Crippen molar-refractivity contribution in [2.45, 2.75) is 18.6 Å². The van der Waals surface area contributed by atoms with Crippen LogP contribution in [0.3, 0.4) is 0 Å². The molecule has 2 bridgehead atoms. The van der Waals surface area contributed by atoms with Gasteiger partial charge in [0.2, 0.25) is 5.82 Å². The van der Waals surface area contributed by atoms with Crippen LogP contribution in [0.25, 0.3) is 6.08 Å². The van der Waals surface area contributed by atoms with E-state index < -0.39 is 5.60 Å². The minimum atomic E-state index is -0.432. The fourth-order valence-electron chi connectivity index (χ4n) is 5.50. The maximum absolute atomic E-state index is 12.9. The zero-order chi connectivity index (χ0) is 20.7. The third kappa shape index (κ3) is 3.34. The maximum atomic E-state index is 12.9. The Hall–Kier alpha value is -2.55. The number of H-pyrrole nitrogens is 1. The fraction of sp³-hybridized carbons (Fsp3) is 0.500. The van der Waals surface area contributed by atoms with Crippen molar-refractivity contribution >= 4 is 12.0 Å². The predicted molar refractivity (Wildman–Crippen MR) is 110 cm³/mol. The lowest BCUT2D eigenvalue weighted by molar-refractivity contribution is -0.107. The summed E-state index contributed by atoms with van der Waals surface area (Å²) < 4.78 is 6.48. The van der Waals surface area contributed by atoms with Crippen molar-refractivity contribution in [2.24, 2.45) is 11.8 Å². The molecule has 0 unspecified atom stereocenters. The van der Waals surface area contributed by atoms with E-state index in [1.165, 1.54) is 17.5 Å². The molecule has 3 saturated heterocycles. The van der Waals surface area contributed by atoms with Gasteiger partial charge in [-0.05, 0) is 12.5 Å². The molecule has 0 aliphatic carbocycles. The first kappa shape index (κ1) is 19.4. The molecule has 30 heavy (non-hydrogen) atoms. The number of nitrogens with zero attached hydrogens (tertiary/aromatic N) is 4. The molecule has 158 valence electrons. The minimum Gasteiger partial charge on any atom is -0.396 e. The Morgan fingerprint density at radius 1 is 1.33 bits per heavy atom. The van der Waals surface area contributed by atoms with Gasteiger partial charge in [0, 0.05) is 44.6 Å². The van der Waals surface area contributed by atoms with Crippen LogP contribution in [-0.2, 0) is 4.74 Å². The lowest BCUT2D eigenvalue weighted by Crippen LogP contribution is -2.55. The van der Waals surface area contributed by atoms with Gasteiger partial charge < -0.3 is 14.7 Å². The summed E-state index contributed by atoms with van der Waals surface area (Å²) in [6.07, 6.45) is 3.42. The first-order valence-electron chi connectivity index (χ1n) is 10.5. The maximum Gasteiger partial charge on any atom is 0.291 e. The van der Waals surface area contributed by atoms with Crippen molar-refractivity contribution in [2.75, 3.05) is 39.3 Å². The van der Waals surface area contributed by atoms with Crippen LogP contribution in [0, 0.1) is 11.8 Å². The van der Waals surface area contributed by atoms with Crippen LogP contribution in [-0.4, -0.2) is 87.0 Å². The fourth-order valence-corrected chi connectivity index (χ4v) is 5.50. The second-order valence-corrected chi connectivity index (χ2v) is 8.76. The minimum absolute atomic E-state index is 0.0425. The molecule has 1 amide bonds. The molecule has 3 aliphatic heterocycles. The normalized spacial score (nSPS) is 31.2. The third-order valence-electron chi connectivity index (χ3n) is 6.66. The van der Waals surface area contributed by atoms with E-state index in [0.717, 1.165) is 19.6 Å². The number of aliphatic hydroxyl groups is 1. The lowest BCUT2D eigenvalue weighted by Gasteiger charge is -2.40. The smallest absolute Gasteiger partial charge is 0.291 e. The van der Waals surface area contributed by atoms with Crippen LogP contribution >= 0.6 is 0 Å². The number of hydrogen-bond acceptors (Lipinski definition) is 6. The predicted octanol–water partition coefficient (Wildman–Crippen LogP) is 1.04. The summed E-state index contributed by atoms with van der Waals surface area (Å²) in [6.45, 7) is 5.69. The zero-order valence-corrected chi connectivity index (χ0v) is 17.1. The van der Waals surface area contributed by atoms with Gasteiger partial charge in [0.05, 0.1) is 12.6 Å². The Morgan fingerprint density at radius 2 is 2.17 bits per heavy atom. The molecule has 2 aromatic rings. The Labute approximate surface area is 175 Å². The van der Waals surface area contributed by atoms with Gasteiger partial charge in [0.1, 0.15) is 11.9 Å². The number of aliphatic hydroxyl groups excluding tert-OH is 1. The van der Waals surface area contributed by atoms with Crippen molar-refractivity contribution in [3.63, 3.8) is 0 Å². The Balaban J connectivity index is 1.33. The average Bonchev–Trinajstić information content (AvgIpc) is 3.41. The van der Waals surface area contributed by atoms with Gasteiger partial charge in [-0.2, -0.15) is 5.10 Å². The number of rotatable bonds is 5. The van der Waals surface area contributed by atoms with Gasteiger partial charge in [0.25, 0.3) is 5.91 Å². The molecule has 1 spiro atoms. The van der Waals surface area contributed by atoms with Crippen molar-refractivity contribution in [1.82, 2.24) is 25.0 Å². The number of carbonyl (C=O) groups excluding carboxylic acids is 1. The van der Waals surface area contributed by atoms with E-state index in [0.29, 0.717) is 13.1 Å². The molecule has 0 saturated carbocycles. The van der Waals surface area contributed by atoms with E-state index in [4.69, 9.17) is 4.74 Å². The number of hydrogen-bond donors (Lipinski definition) is 2. The quantitative estimate of drug-likeness (QED) is 0.766. The van der Waals surface area contributed by atoms with Gasteiger partial charge >= 0.3 is 0 Å². The highest BCUT2D eigenvalue weighted by atomic mass is 16.5. The average molecular weight is 409 g/mol. The number of amides is 1. The molecule has 8 heteroatoms. The van der Waals surface area contributed by atoms with Gasteiger partial charge in [-0.3, -0.25) is 14.8 Å². The molecule has 8 nitrogen and oxygen atoms in total. The number of nitrogens with one attached hydrogen (secondary N) is 1. The van der Waals surface area contributed by atoms with E-state index in [1.54, 1.807) is 0 Å². The Bertz CT molecular complexity index is 932. The SMILES string of the molecule is C/C(=C\c1ccccc1)CN1C[C@@H]2[C@H](CO)[C@H]3CN(C(=O)c4ncn[nH]4)C[C@]2(C1)O3. The van der Waals surface area contributed by atoms with Crippen molar-refractivity contribution < 1.29 is 14.6 Å².